The van der Waals surface area contributed by atoms with Crippen molar-refractivity contribution in [2.75, 3.05) is 0 Å². The quantitative estimate of drug-likeness (QED) is 0.811. The molecule has 0 saturated heterocycles. The summed E-state index contributed by atoms with van der Waals surface area (Å²) in [7, 11) is 0. The highest BCUT2D eigenvalue weighted by molar-refractivity contribution is 9.10. The Morgan fingerprint density at radius 1 is 1.05 bits per heavy atom. The summed E-state index contributed by atoms with van der Waals surface area (Å²) in [6, 6.07) is 6.74. The van der Waals surface area contributed by atoms with Crippen LogP contribution in [0, 0.1) is 26.6 Å². The van der Waals surface area contributed by atoms with Crippen molar-refractivity contribution in [2.45, 2.75) is 33.7 Å². The maximum atomic E-state index is 13.7. The van der Waals surface area contributed by atoms with Gasteiger partial charge in [-0.3, -0.25) is 0 Å². The maximum Gasteiger partial charge on any atom is 0.132 e. The van der Waals surface area contributed by atoms with Crippen molar-refractivity contribution in [3.63, 3.8) is 0 Å². The van der Waals surface area contributed by atoms with E-state index in [1.807, 2.05) is 32.9 Å². The molecule has 0 spiro atoms. The topological polar surface area (TPSA) is 35.2 Å². The minimum absolute atomic E-state index is 0.266. The van der Waals surface area contributed by atoms with Crippen LogP contribution in [0.5, 0.6) is 11.5 Å². The van der Waals surface area contributed by atoms with Gasteiger partial charge in [-0.2, -0.15) is 0 Å². The van der Waals surface area contributed by atoms with Crippen molar-refractivity contribution in [2.24, 2.45) is 5.73 Å². The molecule has 0 aliphatic carbocycles. The highest BCUT2D eigenvalue weighted by Gasteiger charge is 2.14. The molecule has 1 atom stereocenters. The van der Waals surface area contributed by atoms with Gasteiger partial charge < -0.3 is 10.5 Å². The second kappa shape index (κ2) is 6.16. The van der Waals surface area contributed by atoms with Gasteiger partial charge in [0, 0.05) is 16.1 Å². The van der Waals surface area contributed by atoms with Gasteiger partial charge in [0.05, 0.1) is 0 Å². The number of aryl methyl sites for hydroxylation is 3. The summed E-state index contributed by atoms with van der Waals surface area (Å²) in [4.78, 5) is 0. The van der Waals surface area contributed by atoms with Gasteiger partial charge in [-0.15, -0.1) is 0 Å². The third kappa shape index (κ3) is 3.44. The summed E-state index contributed by atoms with van der Waals surface area (Å²) >= 11 is 3.53. The molecule has 2 aromatic carbocycles. The van der Waals surface area contributed by atoms with Gasteiger partial charge in [-0.1, -0.05) is 15.9 Å². The Bertz CT molecular complexity index is 660. The summed E-state index contributed by atoms with van der Waals surface area (Å²) in [6.07, 6.45) is 0. The number of rotatable bonds is 3. The van der Waals surface area contributed by atoms with Crippen LogP contribution in [0.3, 0.4) is 0 Å². The van der Waals surface area contributed by atoms with Gasteiger partial charge in [-0.05, 0) is 68.7 Å². The monoisotopic (exact) mass is 351 g/mol. The number of nitrogens with two attached hydrogens (primary N) is 1. The molecule has 1 unspecified atom stereocenters. The number of hydrogen-bond donors (Lipinski definition) is 1. The molecule has 0 amide bonds. The Kier molecular flexibility index (Phi) is 4.69. The Labute approximate surface area is 133 Å². The third-order valence-corrected chi connectivity index (χ3v) is 4.67. The van der Waals surface area contributed by atoms with E-state index in [0.29, 0.717) is 16.9 Å². The van der Waals surface area contributed by atoms with Gasteiger partial charge in [0.25, 0.3) is 0 Å². The average Bonchev–Trinajstić information content (AvgIpc) is 2.39. The zero-order valence-electron chi connectivity index (χ0n) is 12.6. The van der Waals surface area contributed by atoms with Crippen molar-refractivity contribution in [3.8, 4) is 11.5 Å². The lowest BCUT2D eigenvalue weighted by Gasteiger charge is -2.16. The Morgan fingerprint density at radius 2 is 1.62 bits per heavy atom. The number of hydrogen-bond acceptors (Lipinski definition) is 2. The van der Waals surface area contributed by atoms with Crippen molar-refractivity contribution < 1.29 is 9.13 Å². The molecule has 0 fully saturated rings. The highest BCUT2D eigenvalue weighted by atomic mass is 79.9. The number of halogens is 2. The van der Waals surface area contributed by atoms with Crippen LogP contribution in [0.1, 0.15) is 35.2 Å². The van der Waals surface area contributed by atoms with Crippen molar-refractivity contribution >= 4 is 15.9 Å². The van der Waals surface area contributed by atoms with Crippen molar-refractivity contribution in [3.05, 3.63) is 56.8 Å². The van der Waals surface area contributed by atoms with E-state index in [9.17, 15) is 4.39 Å². The van der Waals surface area contributed by atoms with Crippen molar-refractivity contribution in [1.82, 2.24) is 0 Å². The Hall–Kier alpha value is -1.39. The van der Waals surface area contributed by atoms with E-state index in [-0.39, 0.29) is 11.9 Å². The molecule has 112 valence electrons. The summed E-state index contributed by atoms with van der Waals surface area (Å²) < 4.78 is 20.7. The Balaban J connectivity index is 2.46. The predicted octanol–water partition coefficient (Wildman–Crippen LogP) is 5.33. The molecular weight excluding hydrogens is 333 g/mol. The molecule has 0 aliphatic heterocycles. The number of benzene rings is 2. The van der Waals surface area contributed by atoms with E-state index in [2.05, 4.69) is 15.9 Å². The fraction of sp³-hybridized carbons (Fsp3) is 0.294. The van der Waals surface area contributed by atoms with Gasteiger partial charge in [0.2, 0.25) is 0 Å². The van der Waals surface area contributed by atoms with Crippen LogP contribution in [-0.4, -0.2) is 0 Å². The summed E-state index contributed by atoms with van der Waals surface area (Å²) in [6.45, 7) is 7.54. The molecule has 0 bridgehead atoms. The van der Waals surface area contributed by atoms with Crippen LogP contribution >= 0.6 is 15.9 Å². The summed E-state index contributed by atoms with van der Waals surface area (Å²) in [5, 5.41) is 0. The van der Waals surface area contributed by atoms with Gasteiger partial charge in [0.1, 0.15) is 17.3 Å². The van der Waals surface area contributed by atoms with Crippen LogP contribution in [0.2, 0.25) is 0 Å². The summed E-state index contributed by atoms with van der Waals surface area (Å²) in [5.74, 6) is 1.06. The first kappa shape index (κ1) is 16.0. The first-order valence-electron chi connectivity index (χ1n) is 6.79. The lowest BCUT2D eigenvalue weighted by atomic mass is 10.0. The standard InChI is InChI=1S/C17H19BrFNO/c1-9-7-16(14(12(4)20)8-15(9)19)21-13-5-10(2)17(18)11(3)6-13/h5-8,12H,20H2,1-4H3. The molecule has 0 radical (unpaired) electrons. The smallest absolute Gasteiger partial charge is 0.132 e. The SMILES string of the molecule is Cc1cc(Oc2cc(C)c(Br)c(C)c2)c(C(C)N)cc1F. The second-order valence-corrected chi connectivity index (χ2v) is 6.19. The van der Waals surface area contributed by atoms with Gasteiger partial charge in [-0.25, -0.2) is 4.39 Å². The van der Waals surface area contributed by atoms with Crippen LogP contribution in [0.4, 0.5) is 4.39 Å². The van der Waals surface area contributed by atoms with Crippen LogP contribution in [0.15, 0.2) is 28.7 Å². The Morgan fingerprint density at radius 3 is 2.14 bits per heavy atom. The van der Waals surface area contributed by atoms with Crippen LogP contribution in [0.25, 0.3) is 0 Å². The number of ether oxygens (including phenoxy) is 1. The molecule has 0 saturated carbocycles. The first-order chi connectivity index (χ1) is 9.79. The zero-order valence-corrected chi connectivity index (χ0v) is 14.2. The van der Waals surface area contributed by atoms with Crippen molar-refractivity contribution in [1.29, 1.82) is 0 Å². The molecule has 2 nitrogen and oxygen atoms in total. The third-order valence-electron chi connectivity index (χ3n) is 3.42. The van der Waals surface area contributed by atoms with Gasteiger partial charge in [0.15, 0.2) is 0 Å². The first-order valence-corrected chi connectivity index (χ1v) is 7.59. The lowest BCUT2D eigenvalue weighted by Crippen LogP contribution is -2.08. The van der Waals surface area contributed by atoms with Crippen LogP contribution in [-0.2, 0) is 0 Å². The fourth-order valence-electron chi connectivity index (χ4n) is 2.21. The molecule has 0 aliphatic rings. The molecule has 0 aromatic heterocycles. The van der Waals surface area contributed by atoms with Gasteiger partial charge >= 0.3 is 0 Å². The molecule has 21 heavy (non-hydrogen) atoms. The van der Waals surface area contributed by atoms with E-state index in [0.717, 1.165) is 21.3 Å². The van der Waals surface area contributed by atoms with E-state index in [1.54, 1.807) is 13.0 Å². The second-order valence-electron chi connectivity index (χ2n) is 5.40. The maximum absolute atomic E-state index is 13.7. The van der Waals surface area contributed by atoms with E-state index < -0.39 is 0 Å². The van der Waals surface area contributed by atoms with E-state index >= 15 is 0 Å². The molecule has 2 rings (SSSR count). The normalized spacial score (nSPS) is 12.3. The predicted molar refractivity (Wildman–Crippen MR) is 87.4 cm³/mol. The minimum Gasteiger partial charge on any atom is -0.457 e. The molecule has 4 heteroatoms. The largest absolute Gasteiger partial charge is 0.457 e. The summed E-state index contributed by atoms with van der Waals surface area (Å²) in [5.41, 5.74) is 9.30. The molecule has 0 heterocycles. The molecular formula is C17H19BrFNO. The molecule has 2 aromatic rings. The minimum atomic E-state index is -0.298. The zero-order chi connectivity index (χ0) is 15.7. The highest BCUT2D eigenvalue weighted by Crippen LogP contribution is 2.34. The van der Waals surface area contributed by atoms with E-state index in [4.69, 9.17) is 10.5 Å². The molecule has 2 N–H and O–H groups in total. The lowest BCUT2D eigenvalue weighted by molar-refractivity contribution is 0.467. The average molecular weight is 352 g/mol. The van der Waals surface area contributed by atoms with E-state index in [1.165, 1.54) is 6.07 Å². The fourth-order valence-corrected chi connectivity index (χ4v) is 2.44. The van der Waals surface area contributed by atoms with Crippen LogP contribution < -0.4 is 10.5 Å².